The molecule has 8 heteroatoms. The van der Waals surface area contributed by atoms with E-state index in [1.54, 1.807) is 0 Å². The second-order valence-electron chi connectivity index (χ2n) is 4.88. The van der Waals surface area contributed by atoms with E-state index in [9.17, 15) is 18.0 Å². The van der Waals surface area contributed by atoms with E-state index in [4.69, 9.17) is 4.42 Å². The molecule has 0 aliphatic rings. The number of hydrogen-bond acceptors (Lipinski definition) is 4. The van der Waals surface area contributed by atoms with Crippen LogP contribution in [-0.2, 0) is 12.7 Å². The molecule has 0 aliphatic carbocycles. The Morgan fingerprint density at radius 2 is 2.08 bits per heavy atom. The summed E-state index contributed by atoms with van der Waals surface area (Å²) < 4.78 is 43.3. The van der Waals surface area contributed by atoms with Crippen LogP contribution in [0.2, 0.25) is 0 Å². The van der Waals surface area contributed by atoms with Gasteiger partial charge in [-0.25, -0.2) is 4.98 Å². The van der Waals surface area contributed by atoms with Crippen molar-refractivity contribution >= 4 is 17.2 Å². The van der Waals surface area contributed by atoms with Gasteiger partial charge < -0.3 is 9.73 Å². The van der Waals surface area contributed by atoms with Gasteiger partial charge in [-0.2, -0.15) is 13.2 Å². The van der Waals surface area contributed by atoms with Crippen LogP contribution >= 0.6 is 11.3 Å². The van der Waals surface area contributed by atoms with E-state index < -0.39 is 17.6 Å². The molecule has 0 spiro atoms. The zero-order valence-electron chi connectivity index (χ0n) is 12.1. The highest BCUT2D eigenvalue weighted by atomic mass is 32.1. The Hall–Kier alpha value is -2.61. The average molecular weight is 352 g/mol. The fourth-order valence-corrected chi connectivity index (χ4v) is 2.67. The smallest absolute Gasteiger partial charge is 0.416 e. The summed E-state index contributed by atoms with van der Waals surface area (Å²) in [5.41, 5.74) is -0.443. The van der Waals surface area contributed by atoms with E-state index in [1.807, 2.05) is 17.5 Å². The van der Waals surface area contributed by atoms with Gasteiger partial charge >= 0.3 is 6.18 Å². The van der Waals surface area contributed by atoms with Crippen molar-refractivity contribution in [3.05, 3.63) is 64.9 Å². The number of halogens is 3. The Balaban J connectivity index is 1.66. The maximum absolute atomic E-state index is 12.7. The molecule has 3 rings (SSSR count). The normalized spacial score (nSPS) is 11.5. The SMILES string of the molecule is O=C(NCc1coc(-c2cccs2)n1)c1cccc(C(F)(F)F)c1. The summed E-state index contributed by atoms with van der Waals surface area (Å²) in [7, 11) is 0. The summed E-state index contributed by atoms with van der Waals surface area (Å²) in [6.45, 7) is 0.0595. The molecule has 124 valence electrons. The van der Waals surface area contributed by atoms with Crippen molar-refractivity contribution < 1.29 is 22.4 Å². The lowest BCUT2D eigenvalue weighted by molar-refractivity contribution is -0.137. The van der Waals surface area contributed by atoms with Gasteiger partial charge in [-0.05, 0) is 29.6 Å². The molecule has 1 amide bonds. The highest BCUT2D eigenvalue weighted by Crippen LogP contribution is 2.29. The highest BCUT2D eigenvalue weighted by Gasteiger charge is 2.30. The summed E-state index contributed by atoms with van der Waals surface area (Å²) in [5.74, 6) is -0.171. The largest absolute Gasteiger partial charge is 0.443 e. The molecule has 1 aromatic carbocycles. The van der Waals surface area contributed by atoms with Crippen molar-refractivity contribution in [2.24, 2.45) is 0 Å². The Bertz CT molecular complexity index is 841. The molecular formula is C16H11F3N2O2S. The minimum Gasteiger partial charge on any atom is -0.443 e. The first-order valence-electron chi connectivity index (χ1n) is 6.87. The van der Waals surface area contributed by atoms with Crippen LogP contribution < -0.4 is 5.32 Å². The van der Waals surface area contributed by atoms with Gasteiger partial charge in [-0.1, -0.05) is 12.1 Å². The highest BCUT2D eigenvalue weighted by molar-refractivity contribution is 7.13. The molecule has 24 heavy (non-hydrogen) atoms. The summed E-state index contributed by atoms with van der Waals surface area (Å²) in [4.78, 5) is 17.1. The van der Waals surface area contributed by atoms with E-state index in [-0.39, 0.29) is 12.1 Å². The fraction of sp³-hybridized carbons (Fsp3) is 0.125. The molecule has 4 nitrogen and oxygen atoms in total. The van der Waals surface area contributed by atoms with Crippen LogP contribution in [0.1, 0.15) is 21.6 Å². The maximum Gasteiger partial charge on any atom is 0.416 e. The number of nitrogens with one attached hydrogen (secondary N) is 1. The van der Waals surface area contributed by atoms with E-state index in [0.717, 1.165) is 17.0 Å². The minimum absolute atomic E-state index is 0.0595. The molecule has 0 atom stereocenters. The summed E-state index contributed by atoms with van der Waals surface area (Å²) in [5, 5.41) is 4.41. The zero-order valence-corrected chi connectivity index (χ0v) is 12.9. The van der Waals surface area contributed by atoms with Gasteiger partial charge in [0.15, 0.2) is 0 Å². The van der Waals surface area contributed by atoms with Crippen molar-refractivity contribution in [1.29, 1.82) is 0 Å². The van der Waals surface area contributed by atoms with Crippen molar-refractivity contribution in [2.45, 2.75) is 12.7 Å². The van der Waals surface area contributed by atoms with Crippen molar-refractivity contribution in [1.82, 2.24) is 10.3 Å². The molecule has 3 aromatic rings. The maximum atomic E-state index is 12.7. The van der Waals surface area contributed by atoms with E-state index in [0.29, 0.717) is 11.6 Å². The Labute approximate surface area is 139 Å². The van der Waals surface area contributed by atoms with Gasteiger partial charge in [0, 0.05) is 5.56 Å². The number of rotatable bonds is 4. The number of carbonyl (C=O) groups is 1. The second-order valence-corrected chi connectivity index (χ2v) is 5.83. The van der Waals surface area contributed by atoms with E-state index >= 15 is 0 Å². The molecule has 0 unspecified atom stereocenters. The molecule has 2 aromatic heterocycles. The molecule has 0 fully saturated rings. The number of nitrogens with zero attached hydrogens (tertiary/aromatic N) is 1. The van der Waals surface area contributed by atoms with Gasteiger partial charge in [0.1, 0.15) is 6.26 Å². The number of carbonyl (C=O) groups excluding carboxylic acids is 1. The Morgan fingerprint density at radius 3 is 2.79 bits per heavy atom. The lowest BCUT2D eigenvalue weighted by Crippen LogP contribution is -2.23. The lowest BCUT2D eigenvalue weighted by Gasteiger charge is -2.08. The van der Waals surface area contributed by atoms with Gasteiger partial charge in [0.25, 0.3) is 5.91 Å². The number of aromatic nitrogens is 1. The van der Waals surface area contributed by atoms with Crippen molar-refractivity contribution in [3.63, 3.8) is 0 Å². The second kappa shape index (κ2) is 6.48. The standard InChI is InChI=1S/C16H11F3N2O2S/c17-16(18,19)11-4-1-3-10(7-11)14(22)20-8-12-9-23-15(21-12)13-5-2-6-24-13/h1-7,9H,8H2,(H,20,22). The predicted octanol–water partition coefficient (Wildman–Crippen LogP) is 4.35. The third-order valence-electron chi connectivity index (χ3n) is 3.17. The summed E-state index contributed by atoms with van der Waals surface area (Å²) in [6.07, 6.45) is -3.08. The molecule has 0 saturated heterocycles. The molecule has 1 N–H and O–H groups in total. The molecule has 2 heterocycles. The third-order valence-corrected chi connectivity index (χ3v) is 4.02. The number of amides is 1. The first kappa shape index (κ1) is 16.3. The van der Waals surface area contributed by atoms with Crippen LogP contribution in [0, 0.1) is 0 Å². The molecule has 0 bridgehead atoms. The van der Waals surface area contributed by atoms with Crippen LogP contribution in [-0.4, -0.2) is 10.9 Å². The predicted molar refractivity (Wildman–Crippen MR) is 82.4 cm³/mol. The van der Waals surface area contributed by atoms with Crippen LogP contribution in [0.5, 0.6) is 0 Å². The van der Waals surface area contributed by atoms with Gasteiger partial charge in [0.05, 0.1) is 22.7 Å². The molecule has 0 saturated carbocycles. The topological polar surface area (TPSA) is 55.1 Å². The monoisotopic (exact) mass is 352 g/mol. The van der Waals surface area contributed by atoms with Crippen LogP contribution in [0.3, 0.4) is 0 Å². The van der Waals surface area contributed by atoms with Crippen LogP contribution in [0.4, 0.5) is 13.2 Å². The van der Waals surface area contributed by atoms with Gasteiger partial charge in [-0.15, -0.1) is 11.3 Å². The van der Waals surface area contributed by atoms with Crippen LogP contribution in [0.15, 0.2) is 52.5 Å². The number of alkyl halides is 3. The average Bonchev–Trinajstić information content (AvgIpc) is 3.23. The summed E-state index contributed by atoms with van der Waals surface area (Å²) in [6, 6.07) is 7.96. The molecule has 0 radical (unpaired) electrons. The van der Waals surface area contributed by atoms with E-state index in [1.165, 1.54) is 29.7 Å². The van der Waals surface area contributed by atoms with Crippen molar-refractivity contribution in [2.75, 3.05) is 0 Å². The fourth-order valence-electron chi connectivity index (χ4n) is 2.01. The van der Waals surface area contributed by atoms with Gasteiger partial charge in [0.2, 0.25) is 5.89 Å². The zero-order chi connectivity index (χ0) is 17.2. The van der Waals surface area contributed by atoms with Crippen LogP contribution in [0.25, 0.3) is 10.8 Å². The number of hydrogen-bond donors (Lipinski definition) is 1. The number of oxazole rings is 1. The Kier molecular flexibility index (Phi) is 4.39. The summed E-state index contributed by atoms with van der Waals surface area (Å²) >= 11 is 1.46. The lowest BCUT2D eigenvalue weighted by atomic mass is 10.1. The third kappa shape index (κ3) is 3.65. The number of thiophene rings is 1. The van der Waals surface area contributed by atoms with Crippen molar-refractivity contribution in [3.8, 4) is 10.8 Å². The van der Waals surface area contributed by atoms with Gasteiger partial charge in [-0.3, -0.25) is 4.79 Å². The minimum atomic E-state index is -4.49. The first-order valence-corrected chi connectivity index (χ1v) is 7.75. The van der Waals surface area contributed by atoms with E-state index in [2.05, 4.69) is 10.3 Å². The Morgan fingerprint density at radius 1 is 1.25 bits per heavy atom. The first-order chi connectivity index (χ1) is 11.4. The molecule has 0 aliphatic heterocycles. The number of benzene rings is 1. The quantitative estimate of drug-likeness (QED) is 0.759. The molecular weight excluding hydrogens is 341 g/mol.